The van der Waals surface area contributed by atoms with Crippen LogP contribution in [0.5, 0.6) is 0 Å². The molecule has 0 aromatic heterocycles. The monoisotopic (exact) mass is 473 g/mol. The maximum atomic E-state index is 13.3. The number of sulfonamides is 1. The van der Waals surface area contributed by atoms with E-state index in [9.17, 15) is 18.0 Å². The number of amides is 2. The molecular weight excluding hydrogens is 442 g/mol. The Morgan fingerprint density at radius 1 is 1.09 bits per heavy atom. The lowest BCUT2D eigenvalue weighted by Crippen LogP contribution is -2.47. The number of morpholine rings is 1. The third-order valence-corrected chi connectivity index (χ3v) is 6.97. The topological polar surface area (TPSA) is 96.0 Å². The van der Waals surface area contributed by atoms with Gasteiger partial charge < -0.3 is 15.0 Å². The summed E-state index contributed by atoms with van der Waals surface area (Å²) in [5.74, 6) is -0.695. The highest BCUT2D eigenvalue weighted by Crippen LogP contribution is 2.26. The minimum atomic E-state index is -3.76. The first-order chi connectivity index (χ1) is 15.6. The quantitative estimate of drug-likeness (QED) is 0.667. The molecule has 0 radical (unpaired) electrons. The zero-order valence-corrected chi connectivity index (χ0v) is 20.3. The summed E-state index contributed by atoms with van der Waals surface area (Å²) in [7, 11) is -3.76. The number of carbonyl (C=O) groups is 2. The van der Waals surface area contributed by atoms with Gasteiger partial charge in [-0.15, -0.1) is 0 Å². The predicted octanol–water partition coefficient (Wildman–Crippen LogP) is 2.96. The van der Waals surface area contributed by atoms with Gasteiger partial charge in [-0.3, -0.25) is 13.9 Å². The highest BCUT2D eigenvalue weighted by molar-refractivity contribution is 7.92. The Morgan fingerprint density at radius 2 is 1.76 bits per heavy atom. The van der Waals surface area contributed by atoms with Gasteiger partial charge in [0.25, 0.3) is 5.91 Å². The second-order valence-corrected chi connectivity index (χ2v) is 10.1. The number of rotatable bonds is 7. The van der Waals surface area contributed by atoms with Gasteiger partial charge in [0.2, 0.25) is 15.9 Å². The average Bonchev–Trinajstić information content (AvgIpc) is 2.79. The summed E-state index contributed by atoms with van der Waals surface area (Å²) in [6.07, 6.45) is 1.35. The standard InChI is InChI=1S/C24H31N3O5S/c1-5-22(27(33(4,30)31)19-11-10-17(2)18(3)16-19)23(28)25-21-9-7-6-8-20(21)24(29)26-12-14-32-15-13-26/h6-11,16,22H,5,12-15H2,1-4H3,(H,25,28)/t22-/m1/s1. The predicted molar refractivity (Wildman–Crippen MR) is 129 cm³/mol. The molecule has 2 aromatic carbocycles. The van der Waals surface area contributed by atoms with Gasteiger partial charge in [0.1, 0.15) is 6.04 Å². The van der Waals surface area contributed by atoms with Gasteiger partial charge in [0, 0.05) is 13.1 Å². The van der Waals surface area contributed by atoms with Crippen molar-refractivity contribution in [2.45, 2.75) is 33.2 Å². The third kappa shape index (κ3) is 5.72. The van der Waals surface area contributed by atoms with Crippen LogP contribution in [0.4, 0.5) is 11.4 Å². The van der Waals surface area contributed by atoms with E-state index in [1.54, 1.807) is 48.2 Å². The third-order valence-electron chi connectivity index (χ3n) is 5.79. The summed E-state index contributed by atoms with van der Waals surface area (Å²) in [4.78, 5) is 28.1. The normalized spacial score (nSPS) is 15.1. The number of nitrogens with zero attached hydrogens (tertiary/aromatic N) is 2. The number of aryl methyl sites for hydroxylation is 2. The van der Waals surface area contributed by atoms with Crippen LogP contribution in [0.3, 0.4) is 0 Å². The molecule has 0 aliphatic carbocycles. The van der Waals surface area contributed by atoms with Crippen molar-refractivity contribution in [3.05, 3.63) is 59.2 Å². The second kappa shape index (κ2) is 10.4. The molecule has 9 heteroatoms. The van der Waals surface area contributed by atoms with Crippen LogP contribution in [-0.2, 0) is 19.6 Å². The van der Waals surface area contributed by atoms with E-state index in [1.165, 1.54) is 0 Å². The first-order valence-corrected chi connectivity index (χ1v) is 12.8. The Kier molecular flexibility index (Phi) is 7.76. The second-order valence-electron chi connectivity index (χ2n) is 8.19. The summed E-state index contributed by atoms with van der Waals surface area (Å²) in [5.41, 5.74) is 3.10. The maximum absolute atomic E-state index is 13.3. The Bertz CT molecular complexity index is 1130. The van der Waals surface area contributed by atoms with Gasteiger partial charge in [0.15, 0.2) is 0 Å². The average molecular weight is 474 g/mol. The lowest BCUT2D eigenvalue weighted by atomic mass is 10.1. The lowest BCUT2D eigenvalue weighted by molar-refractivity contribution is -0.117. The number of ether oxygens (including phenoxy) is 1. The van der Waals surface area contributed by atoms with Crippen LogP contribution in [0.15, 0.2) is 42.5 Å². The van der Waals surface area contributed by atoms with E-state index in [2.05, 4.69) is 5.32 Å². The Morgan fingerprint density at radius 3 is 2.36 bits per heavy atom. The molecule has 0 spiro atoms. The minimum absolute atomic E-state index is 0.198. The largest absolute Gasteiger partial charge is 0.378 e. The molecule has 1 saturated heterocycles. The number of hydrogen-bond donors (Lipinski definition) is 1. The molecule has 1 N–H and O–H groups in total. The molecule has 8 nitrogen and oxygen atoms in total. The fraction of sp³-hybridized carbons (Fsp3) is 0.417. The van der Waals surface area contributed by atoms with Crippen molar-refractivity contribution in [3.63, 3.8) is 0 Å². The lowest BCUT2D eigenvalue weighted by Gasteiger charge is -2.31. The van der Waals surface area contributed by atoms with Crippen molar-refractivity contribution in [2.24, 2.45) is 0 Å². The van der Waals surface area contributed by atoms with E-state index >= 15 is 0 Å². The summed E-state index contributed by atoms with van der Waals surface area (Å²) in [5, 5.41) is 2.81. The van der Waals surface area contributed by atoms with E-state index < -0.39 is 22.0 Å². The number of anilines is 2. The molecule has 1 aliphatic rings. The number of para-hydroxylation sites is 1. The van der Waals surface area contributed by atoms with Gasteiger partial charge >= 0.3 is 0 Å². The summed E-state index contributed by atoms with van der Waals surface area (Å²) in [6.45, 7) is 7.49. The highest BCUT2D eigenvalue weighted by Gasteiger charge is 2.32. The summed E-state index contributed by atoms with van der Waals surface area (Å²) < 4.78 is 32.0. The molecule has 2 amide bonds. The molecule has 3 rings (SSSR count). The van der Waals surface area contributed by atoms with E-state index in [-0.39, 0.29) is 12.3 Å². The van der Waals surface area contributed by atoms with E-state index in [0.717, 1.165) is 21.7 Å². The van der Waals surface area contributed by atoms with Crippen LogP contribution in [0.25, 0.3) is 0 Å². The van der Waals surface area contributed by atoms with Gasteiger partial charge in [-0.05, 0) is 55.7 Å². The number of carbonyl (C=O) groups excluding carboxylic acids is 2. The molecule has 1 atom stereocenters. The smallest absolute Gasteiger partial charge is 0.256 e. The maximum Gasteiger partial charge on any atom is 0.256 e. The minimum Gasteiger partial charge on any atom is -0.378 e. The Balaban J connectivity index is 1.91. The molecule has 33 heavy (non-hydrogen) atoms. The number of nitrogens with one attached hydrogen (secondary N) is 1. The van der Waals surface area contributed by atoms with Gasteiger partial charge in [-0.25, -0.2) is 8.42 Å². The Labute approximate surface area is 195 Å². The first kappa shape index (κ1) is 24.7. The van der Waals surface area contributed by atoms with Crippen molar-refractivity contribution >= 4 is 33.2 Å². The zero-order valence-electron chi connectivity index (χ0n) is 19.5. The van der Waals surface area contributed by atoms with Crippen LogP contribution in [0.1, 0.15) is 34.8 Å². The fourth-order valence-corrected chi connectivity index (χ4v) is 5.06. The van der Waals surface area contributed by atoms with Crippen molar-refractivity contribution in [3.8, 4) is 0 Å². The van der Waals surface area contributed by atoms with E-state index in [4.69, 9.17) is 4.74 Å². The first-order valence-electron chi connectivity index (χ1n) is 11.0. The molecule has 0 unspecified atom stereocenters. The van der Waals surface area contributed by atoms with Gasteiger partial charge in [-0.2, -0.15) is 0 Å². The van der Waals surface area contributed by atoms with E-state index in [1.807, 2.05) is 19.9 Å². The fourth-order valence-electron chi connectivity index (χ4n) is 3.85. The molecule has 0 bridgehead atoms. The summed E-state index contributed by atoms with van der Waals surface area (Å²) in [6, 6.07) is 11.1. The molecule has 1 aliphatic heterocycles. The number of hydrogen-bond acceptors (Lipinski definition) is 5. The van der Waals surface area contributed by atoms with Gasteiger partial charge in [0.05, 0.1) is 36.4 Å². The molecule has 2 aromatic rings. The molecule has 1 fully saturated rings. The van der Waals surface area contributed by atoms with Crippen molar-refractivity contribution in [1.82, 2.24) is 4.90 Å². The Hall–Kier alpha value is -2.91. The van der Waals surface area contributed by atoms with Crippen LogP contribution < -0.4 is 9.62 Å². The van der Waals surface area contributed by atoms with Crippen LogP contribution >= 0.6 is 0 Å². The molecule has 178 valence electrons. The SMILES string of the molecule is CC[C@H](C(=O)Nc1ccccc1C(=O)N1CCOCC1)N(c1ccc(C)c(C)c1)S(C)(=O)=O. The zero-order chi connectivity index (χ0) is 24.2. The van der Waals surface area contributed by atoms with Crippen molar-refractivity contribution in [1.29, 1.82) is 0 Å². The van der Waals surface area contributed by atoms with Gasteiger partial charge in [-0.1, -0.05) is 25.1 Å². The highest BCUT2D eigenvalue weighted by atomic mass is 32.2. The van der Waals surface area contributed by atoms with Crippen LogP contribution in [-0.4, -0.2) is 63.7 Å². The number of benzene rings is 2. The van der Waals surface area contributed by atoms with Crippen LogP contribution in [0, 0.1) is 13.8 Å². The van der Waals surface area contributed by atoms with E-state index in [0.29, 0.717) is 43.2 Å². The van der Waals surface area contributed by atoms with Crippen LogP contribution in [0.2, 0.25) is 0 Å². The summed E-state index contributed by atoms with van der Waals surface area (Å²) >= 11 is 0. The molecular formula is C24H31N3O5S. The van der Waals surface area contributed by atoms with Crippen molar-refractivity contribution < 1.29 is 22.7 Å². The molecule has 1 heterocycles. The van der Waals surface area contributed by atoms with Crippen molar-refractivity contribution in [2.75, 3.05) is 42.2 Å². The molecule has 0 saturated carbocycles.